The fourth-order valence-corrected chi connectivity index (χ4v) is 1.81. The van der Waals surface area contributed by atoms with Gasteiger partial charge >= 0.3 is 0 Å². The number of furan rings is 2. The summed E-state index contributed by atoms with van der Waals surface area (Å²) in [6.07, 6.45) is 3.40. The molecule has 0 unspecified atom stereocenters. The Bertz CT molecular complexity index is 623. The highest BCUT2D eigenvalue weighted by Crippen LogP contribution is 2.13. The van der Waals surface area contributed by atoms with Crippen molar-refractivity contribution in [1.82, 2.24) is 0 Å². The zero-order valence-corrected chi connectivity index (χ0v) is 9.74. The Labute approximate surface area is 104 Å². The van der Waals surface area contributed by atoms with Crippen molar-refractivity contribution in [1.29, 1.82) is 0 Å². The van der Waals surface area contributed by atoms with Crippen LogP contribution < -0.4 is 0 Å². The van der Waals surface area contributed by atoms with Gasteiger partial charge in [-0.15, -0.1) is 0 Å². The molecule has 0 bridgehead atoms. The van der Waals surface area contributed by atoms with Crippen molar-refractivity contribution in [2.75, 3.05) is 0 Å². The molecule has 0 aliphatic carbocycles. The SMILES string of the molecule is c1ccc2occc2c1.c1ccc2occc2c1. The second-order valence-corrected chi connectivity index (χ2v) is 3.92. The van der Waals surface area contributed by atoms with Crippen molar-refractivity contribution >= 4 is 21.9 Å². The number of fused-ring (bicyclic) bond motifs is 2. The molecular formula is C16H12O2. The lowest BCUT2D eigenvalue weighted by Gasteiger charge is -1.81. The van der Waals surface area contributed by atoms with E-state index in [9.17, 15) is 0 Å². The Morgan fingerprint density at radius 1 is 0.500 bits per heavy atom. The lowest BCUT2D eigenvalue weighted by atomic mass is 10.3. The molecule has 0 saturated heterocycles. The molecule has 18 heavy (non-hydrogen) atoms. The molecule has 4 rings (SSSR count). The van der Waals surface area contributed by atoms with Gasteiger partial charge in [-0.25, -0.2) is 0 Å². The Morgan fingerprint density at radius 3 is 1.39 bits per heavy atom. The van der Waals surface area contributed by atoms with Crippen LogP contribution >= 0.6 is 0 Å². The van der Waals surface area contributed by atoms with E-state index in [1.165, 1.54) is 0 Å². The largest absolute Gasteiger partial charge is 0.464 e. The average Bonchev–Trinajstić information content (AvgIpc) is 3.08. The average molecular weight is 236 g/mol. The van der Waals surface area contributed by atoms with Gasteiger partial charge in [0.2, 0.25) is 0 Å². The molecule has 2 heteroatoms. The van der Waals surface area contributed by atoms with Crippen LogP contribution in [-0.2, 0) is 0 Å². The van der Waals surface area contributed by atoms with Gasteiger partial charge in [0.1, 0.15) is 11.2 Å². The van der Waals surface area contributed by atoms with Crippen LogP contribution in [0.1, 0.15) is 0 Å². The van der Waals surface area contributed by atoms with Gasteiger partial charge < -0.3 is 8.83 Å². The van der Waals surface area contributed by atoms with Crippen LogP contribution in [0.3, 0.4) is 0 Å². The summed E-state index contributed by atoms with van der Waals surface area (Å²) in [6, 6.07) is 19.8. The second kappa shape index (κ2) is 4.80. The highest BCUT2D eigenvalue weighted by Gasteiger charge is 1.90. The summed E-state index contributed by atoms with van der Waals surface area (Å²) in [7, 11) is 0. The number of hydrogen-bond donors (Lipinski definition) is 0. The monoisotopic (exact) mass is 236 g/mol. The molecule has 2 heterocycles. The predicted molar refractivity (Wildman–Crippen MR) is 72.4 cm³/mol. The van der Waals surface area contributed by atoms with Gasteiger partial charge in [0, 0.05) is 10.8 Å². The molecule has 0 fully saturated rings. The Kier molecular flexibility index (Phi) is 2.84. The quantitative estimate of drug-likeness (QED) is 0.435. The summed E-state index contributed by atoms with van der Waals surface area (Å²) in [5.41, 5.74) is 1.91. The first-order valence-electron chi connectivity index (χ1n) is 5.78. The molecule has 88 valence electrons. The number of hydrogen-bond acceptors (Lipinski definition) is 2. The third kappa shape index (κ3) is 2.13. The van der Waals surface area contributed by atoms with Gasteiger partial charge in [-0.2, -0.15) is 0 Å². The van der Waals surface area contributed by atoms with E-state index in [2.05, 4.69) is 0 Å². The lowest BCUT2D eigenvalue weighted by molar-refractivity contribution is 0.615. The van der Waals surface area contributed by atoms with E-state index >= 15 is 0 Å². The van der Waals surface area contributed by atoms with E-state index in [-0.39, 0.29) is 0 Å². The summed E-state index contributed by atoms with van der Waals surface area (Å²) < 4.78 is 10.2. The highest BCUT2D eigenvalue weighted by molar-refractivity contribution is 5.77. The van der Waals surface area contributed by atoms with Crippen molar-refractivity contribution < 1.29 is 8.83 Å². The molecular weight excluding hydrogens is 224 g/mol. The molecule has 0 spiro atoms. The van der Waals surface area contributed by atoms with E-state index in [1.54, 1.807) is 12.5 Å². The van der Waals surface area contributed by atoms with Crippen molar-refractivity contribution in [2.24, 2.45) is 0 Å². The third-order valence-electron chi connectivity index (χ3n) is 2.72. The van der Waals surface area contributed by atoms with E-state index in [0.717, 1.165) is 21.9 Å². The molecule has 0 N–H and O–H groups in total. The molecule has 0 amide bonds. The maximum atomic E-state index is 5.12. The fraction of sp³-hybridized carbons (Fsp3) is 0. The zero-order chi connectivity index (χ0) is 12.2. The first-order valence-corrected chi connectivity index (χ1v) is 5.78. The van der Waals surface area contributed by atoms with E-state index in [1.807, 2.05) is 60.7 Å². The molecule has 4 aromatic rings. The van der Waals surface area contributed by atoms with Crippen molar-refractivity contribution in [3.05, 3.63) is 73.2 Å². The van der Waals surface area contributed by atoms with Gasteiger partial charge in [0.25, 0.3) is 0 Å². The highest BCUT2D eigenvalue weighted by atomic mass is 16.3. The summed E-state index contributed by atoms with van der Waals surface area (Å²) in [5, 5.41) is 2.33. The summed E-state index contributed by atoms with van der Waals surface area (Å²) in [5.74, 6) is 0. The molecule has 2 aromatic carbocycles. The van der Waals surface area contributed by atoms with Crippen LogP contribution in [-0.4, -0.2) is 0 Å². The Hall–Kier alpha value is -2.48. The van der Waals surface area contributed by atoms with Crippen LogP contribution in [0, 0.1) is 0 Å². The van der Waals surface area contributed by atoms with Gasteiger partial charge in [-0.05, 0) is 24.3 Å². The van der Waals surface area contributed by atoms with E-state index < -0.39 is 0 Å². The van der Waals surface area contributed by atoms with Gasteiger partial charge in [0.15, 0.2) is 0 Å². The minimum absolute atomic E-state index is 0.956. The smallest absolute Gasteiger partial charge is 0.133 e. The number of para-hydroxylation sites is 2. The maximum Gasteiger partial charge on any atom is 0.133 e. The molecule has 0 radical (unpaired) electrons. The standard InChI is InChI=1S/2C8H6O/c2*1-2-4-8-7(3-1)5-6-9-8/h2*1-6H. The molecule has 2 aromatic heterocycles. The summed E-state index contributed by atoms with van der Waals surface area (Å²) in [6.45, 7) is 0. The Balaban J connectivity index is 0.000000111. The van der Waals surface area contributed by atoms with Crippen LogP contribution in [0.15, 0.2) is 82.0 Å². The predicted octanol–water partition coefficient (Wildman–Crippen LogP) is 4.87. The fourth-order valence-electron chi connectivity index (χ4n) is 1.81. The first-order chi connectivity index (χ1) is 8.93. The number of rotatable bonds is 0. The van der Waals surface area contributed by atoms with E-state index in [0.29, 0.717) is 0 Å². The lowest BCUT2D eigenvalue weighted by Crippen LogP contribution is -1.57. The topological polar surface area (TPSA) is 26.3 Å². The van der Waals surface area contributed by atoms with Gasteiger partial charge in [-0.3, -0.25) is 0 Å². The van der Waals surface area contributed by atoms with Crippen LogP contribution in [0.4, 0.5) is 0 Å². The van der Waals surface area contributed by atoms with Gasteiger partial charge in [0.05, 0.1) is 12.5 Å². The molecule has 2 nitrogen and oxygen atoms in total. The van der Waals surface area contributed by atoms with Gasteiger partial charge in [-0.1, -0.05) is 36.4 Å². The molecule has 0 atom stereocenters. The van der Waals surface area contributed by atoms with Crippen LogP contribution in [0.2, 0.25) is 0 Å². The third-order valence-corrected chi connectivity index (χ3v) is 2.72. The van der Waals surface area contributed by atoms with E-state index in [4.69, 9.17) is 8.83 Å². The normalized spacial score (nSPS) is 10.2. The number of benzene rings is 2. The maximum absolute atomic E-state index is 5.12. The minimum Gasteiger partial charge on any atom is -0.464 e. The minimum atomic E-state index is 0.956. The van der Waals surface area contributed by atoms with Crippen molar-refractivity contribution in [3.8, 4) is 0 Å². The van der Waals surface area contributed by atoms with Crippen LogP contribution in [0.25, 0.3) is 21.9 Å². The summed E-state index contributed by atoms with van der Waals surface area (Å²) in [4.78, 5) is 0. The van der Waals surface area contributed by atoms with Crippen molar-refractivity contribution in [3.63, 3.8) is 0 Å². The van der Waals surface area contributed by atoms with Crippen molar-refractivity contribution in [2.45, 2.75) is 0 Å². The Morgan fingerprint density at radius 2 is 0.944 bits per heavy atom. The van der Waals surface area contributed by atoms with Crippen LogP contribution in [0.5, 0.6) is 0 Å². The molecule has 0 saturated carbocycles. The molecule has 0 aliphatic heterocycles. The zero-order valence-electron chi connectivity index (χ0n) is 9.74. The second-order valence-electron chi connectivity index (χ2n) is 3.92. The molecule has 0 aliphatic rings. The first kappa shape index (κ1) is 10.7. The summed E-state index contributed by atoms with van der Waals surface area (Å²) >= 11 is 0.